The lowest BCUT2D eigenvalue weighted by Crippen LogP contribution is -2.24. The largest absolute Gasteiger partial charge is 0.467 e. The Labute approximate surface area is 64.1 Å². The number of esters is 1. The maximum Gasteiger partial charge on any atom is 0.331 e. The average molecular weight is 148 g/mol. The summed E-state index contributed by atoms with van der Waals surface area (Å²) in [5, 5.41) is 0. The summed E-state index contributed by atoms with van der Waals surface area (Å²) in [7, 11) is 1.12. The van der Waals surface area contributed by atoms with Crippen molar-refractivity contribution in [2.24, 2.45) is 0 Å². The molecule has 0 bridgehead atoms. The molecule has 0 unspecified atom stereocenters. The van der Waals surface area contributed by atoms with Crippen LogP contribution in [0.25, 0.3) is 0 Å². The molecule has 0 saturated carbocycles. The number of hydrogen-bond acceptors (Lipinski definition) is 3. The summed E-state index contributed by atoms with van der Waals surface area (Å²) in [5.41, 5.74) is -0.711. The Morgan fingerprint density at radius 2 is 2.10 bits per heavy atom. The van der Waals surface area contributed by atoms with E-state index in [1.54, 1.807) is 20.8 Å². The molecule has 0 spiro atoms. The topological polar surface area (TPSA) is 35.5 Å². The highest BCUT2D eigenvalue weighted by molar-refractivity contribution is 5.70. The van der Waals surface area contributed by atoms with Crippen LogP contribution >= 0.6 is 0 Å². The third-order valence-corrected chi connectivity index (χ3v) is 0.626. The number of rotatable bonds is 2. The first kappa shape index (κ1) is 6.16. The lowest BCUT2D eigenvalue weighted by molar-refractivity contribution is -0.150. The van der Waals surface area contributed by atoms with E-state index in [1.165, 1.54) is 0 Å². The molecule has 0 aromatic carbocycles. The van der Waals surface area contributed by atoms with Crippen LogP contribution in [0.5, 0.6) is 0 Å². The number of hydrogen-bond donors (Lipinski definition) is 0. The fraction of sp³-hybridized carbons (Fsp3) is 0.857. The smallest absolute Gasteiger partial charge is 0.331 e. The number of carbonyl (C=O) groups excluding carboxylic acids is 1. The normalized spacial score (nSPS) is 15.6. The van der Waals surface area contributed by atoms with Crippen LogP contribution in [0.4, 0.5) is 0 Å². The lowest BCUT2D eigenvalue weighted by atomic mass is 10.2. The number of methoxy groups -OCH3 is 1. The molecule has 0 rings (SSSR count). The predicted molar refractivity (Wildman–Crippen MR) is 37.7 cm³/mol. The summed E-state index contributed by atoms with van der Waals surface area (Å²) in [5.74, 6) is -1.02. The average Bonchev–Trinajstić information content (AvgIpc) is 1.80. The van der Waals surface area contributed by atoms with Gasteiger partial charge in [0.1, 0.15) is 6.56 Å². The maximum atomic E-state index is 10.8. The van der Waals surface area contributed by atoms with E-state index in [1.807, 2.05) is 0 Å². The molecule has 0 amide bonds. The van der Waals surface area contributed by atoms with Crippen LogP contribution in [0.3, 0.4) is 0 Å². The predicted octanol–water partition coefficient (Wildman–Crippen LogP) is 0.975. The zero-order valence-electron chi connectivity index (χ0n) is 8.72. The van der Waals surface area contributed by atoms with Crippen molar-refractivity contribution in [3.63, 3.8) is 0 Å². The van der Waals surface area contributed by atoms with Crippen LogP contribution in [-0.4, -0.2) is 25.2 Å². The summed E-state index contributed by atoms with van der Waals surface area (Å²) in [4.78, 5) is 10.8. The Hall–Kier alpha value is -0.570. The van der Waals surface area contributed by atoms with Gasteiger partial charge < -0.3 is 9.47 Å². The molecule has 3 heteroatoms. The molecule has 10 heavy (non-hydrogen) atoms. The highest BCUT2D eigenvalue weighted by Gasteiger charge is 2.12. The molecule has 0 aromatic heterocycles. The van der Waals surface area contributed by atoms with Gasteiger partial charge >= 0.3 is 5.97 Å². The Balaban J connectivity index is 4.32. The van der Waals surface area contributed by atoms with E-state index in [9.17, 15) is 4.79 Å². The first-order valence-electron chi connectivity index (χ1n) is 3.97. The van der Waals surface area contributed by atoms with Crippen LogP contribution in [0.1, 0.15) is 23.5 Å². The van der Waals surface area contributed by atoms with Gasteiger partial charge in [-0.2, -0.15) is 0 Å². The van der Waals surface area contributed by atoms with E-state index in [-0.39, 0.29) is 0 Å². The zero-order chi connectivity index (χ0) is 9.99. The van der Waals surface area contributed by atoms with Gasteiger partial charge in [0.2, 0.25) is 0 Å². The van der Waals surface area contributed by atoms with Crippen LogP contribution < -0.4 is 0 Å². The lowest BCUT2D eigenvalue weighted by Gasteiger charge is -2.17. The van der Waals surface area contributed by atoms with Crippen LogP contribution in [0, 0.1) is 0 Å². The quantitative estimate of drug-likeness (QED) is 0.547. The molecule has 0 saturated heterocycles. The summed E-state index contributed by atoms with van der Waals surface area (Å²) in [6.07, 6.45) is 0. The van der Waals surface area contributed by atoms with Gasteiger partial charge in [-0.05, 0) is 20.8 Å². The van der Waals surface area contributed by atoms with Gasteiger partial charge in [0.05, 0.1) is 15.5 Å². The van der Waals surface area contributed by atoms with Crippen molar-refractivity contribution in [1.29, 1.82) is 0 Å². The molecule has 3 nitrogen and oxygen atoms in total. The van der Waals surface area contributed by atoms with Gasteiger partial charge in [0, 0.05) is 0 Å². The van der Waals surface area contributed by atoms with Gasteiger partial charge in [-0.3, -0.25) is 0 Å². The minimum absolute atomic E-state index is 0.711. The van der Waals surface area contributed by atoms with Crippen molar-refractivity contribution in [3.05, 3.63) is 0 Å². The zero-order valence-corrected chi connectivity index (χ0v) is 6.72. The van der Waals surface area contributed by atoms with E-state index in [0.29, 0.717) is 0 Å². The Morgan fingerprint density at radius 1 is 1.60 bits per heavy atom. The van der Waals surface area contributed by atoms with E-state index in [2.05, 4.69) is 4.74 Å². The minimum Gasteiger partial charge on any atom is -0.467 e. The second kappa shape index (κ2) is 3.56. The second-order valence-electron chi connectivity index (χ2n) is 2.81. The summed E-state index contributed by atoms with van der Waals surface area (Å²) in [6.45, 7) is 2.61. The third-order valence-electron chi connectivity index (χ3n) is 0.626. The van der Waals surface area contributed by atoms with Crippen molar-refractivity contribution in [2.45, 2.75) is 26.4 Å². The van der Waals surface area contributed by atoms with Crippen LogP contribution in [0.15, 0.2) is 0 Å². The first-order chi connectivity index (χ1) is 5.19. The molecule has 0 radical (unpaired) electrons. The maximum absolute atomic E-state index is 10.8. The molecule has 0 atom stereocenters. The van der Waals surface area contributed by atoms with Crippen LogP contribution in [-0.2, 0) is 14.3 Å². The monoisotopic (exact) mass is 148 g/mol. The molecule has 0 N–H and O–H groups in total. The van der Waals surface area contributed by atoms with Gasteiger partial charge in [-0.1, -0.05) is 0 Å². The number of carbonyl (C=O) groups is 1. The summed E-state index contributed by atoms with van der Waals surface area (Å²) < 4.78 is 23.4. The SMILES string of the molecule is [2H]C([2H])(OC(C)(C)C)C(=O)OC. The third kappa shape index (κ3) is 5.56. The van der Waals surface area contributed by atoms with Crippen molar-refractivity contribution >= 4 is 5.97 Å². The van der Waals surface area contributed by atoms with Gasteiger partial charge in [-0.15, -0.1) is 0 Å². The van der Waals surface area contributed by atoms with Crippen molar-refractivity contribution in [1.82, 2.24) is 0 Å². The van der Waals surface area contributed by atoms with Crippen molar-refractivity contribution in [3.8, 4) is 0 Å². The molecule has 60 valence electrons. The fourth-order valence-corrected chi connectivity index (χ4v) is 0.236. The molecule has 0 aliphatic rings. The second-order valence-corrected chi connectivity index (χ2v) is 2.81. The summed E-state index contributed by atoms with van der Waals surface area (Å²) >= 11 is 0. The van der Waals surface area contributed by atoms with Gasteiger partial charge in [0.15, 0.2) is 0 Å². The summed E-state index contributed by atoms with van der Waals surface area (Å²) in [6, 6.07) is 0. The van der Waals surface area contributed by atoms with E-state index in [4.69, 9.17) is 7.48 Å². The Morgan fingerprint density at radius 3 is 2.40 bits per heavy atom. The Kier molecular flexibility index (Phi) is 2.19. The fourth-order valence-electron chi connectivity index (χ4n) is 0.236. The van der Waals surface area contributed by atoms with Crippen molar-refractivity contribution < 1.29 is 17.0 Å². The molecular formula is C7H14O3. The Bertz CT molecular complexity index is 172. The molecule has 0 fully saturated rings. The van der Waals surface area contributed by atoms with E-state index >= 15 is 0 Å². The molecular weight excluding hydrogens is 132 g/mol. The molecule has 0 aliphatic heterocycles. The van der Waals surface area contributed by atoms with E-state index < -0.39 is 18.1 Å². The minimum atomic E-state index is -2.37. The molecule has 0 heterocycles. The van der Waals surface area contributed by atoms with Gasteiger partial charge in [0.25, 0.3) is 0 Å². The highest BCUT2D eigenvalue weighted by Crippen LogP contribution is 2.05. The molecule has 0 aromatic rings. The van der Waals surface area contributed by atoms with E-state index in [0.717, 1.165) is 7.11 Å². The number of ether oxygens (including phenoxy) is 2. The van der Waals surface area contributed by atoms with Crippen LogP contribution in [0.2, 0.25) is 0 Å². The first-order valence-corrected chi connectivity index (χ1v) is 2.97. The molecule has 0 aliphatic carbocycles. The van der Waals surface area contributed by atoms with Crippen molar-refractivity contribution in [2.75, 3.05) is 13.7 Å². The standard InChI is InChI=1S/C7H14O3/c1-7(2,3)10-5-6(8)9-4/h5H2,1-4H3/i5D2. The van der Waals surface area contributed by atoms with Gasteiger partial charge in [-0.25, -0.2) is 4.79 Å². The highest BCUT2D eigenvalue weighted by atomic mass is 16.6.